The minimum Gasteiger partial charge on any atom is -0.268 e. The van der Waals surface area contributed by atoms with Crippen molar-refractivity contribution in [3.05, 3.63) is 29.5 Å². The summed E-state index contributed by atoms with van der Waals surface area (Å²) >= 11 is 0. The molecule has 1 aromatic carbocycles. The zero-order valence-corrected chi connectivity index (χ0v) is 10.6. The molecule has 0 atom stereocenters. The van der Waals surface area contributed by atoms with E-state index in [1.807, 2.05) is 24.7 Å². The SMILES string of the molecule is Cc1nn(C)c2cccc(C3(N=C=O)CCC3)c12. The van der Waals surface area contributed by atoms with Gasteiger partial charge >= 0.3 is 0 Å². The van der Waals surface area contributed by atoms with Crippen LogP contribution in [-0.4, -0.2) is 15.9 Å². The van der Waals surface area contributed by atoms with Gasteiger partial charge in [-0.3, -0.25) is 4.68 Å². The predicted octanol–water partition coefficient (Wildman–Crippen LogP) is 2.60. The highest BCUT2D eigenvalue weighted by Gasteiger charge is 2.40. The van der Waals surface area contributed by atoms with E-state index < -0.39 is 0 Å². The number of fused-ring (bicyclic) bond motifs is 1. The smallest absolute Gasteiger partial charge is 0.235 e. The Balaban J connectivity index is 2.32. The molecule has 4 nitrogen and oxygen atoms in total. The minimum absolute atomic E-state index is 0.352. The number of hydrogen-bond acceptors (Lipinski definition) is 3. The topological polar surface area (TPSA) is 47.2 Å². The molecule has 1 heterocycles. The van der Waals surface area contributed by atoms with Gasteiger partial charge in [-0.1, -0.05) is 12.1 Å². The fourth-order valence-electron chi connectivity index (χ4n) is 2.95. The third-order valence-electron chi connectivity index (χ3n) is 3.99. The highest BCUT2D eigenvalue weighted by Crippen LogP contribution is 2.47. The summed E-state index contributed by atoms with van der Waals surface area (Å²) in [5.74, 6) is 0. The van der Waals surface area contributed by atoms with Crippen LogP contribution in [0.3, 0.4) is 0 Å². The number of rotatable bonds is 2. The third kappa shape index (κ3) is 1.36. The Morgan fingerprint density at radius 3 is 2.83 bits per heavy atom. The van der Waals surface area contributed by atoms with Gasteiger partial charge in [-0.05, 0) is 37.8 Å². The summed E-state index contributed by atoms with van der Waals surface area (Å²) in [6.07, 6.45) is 4.71. The first-order valence-electron chi connectivity index (χ1n) is 6.20. The normalized spacial score (nSPS) is 17.2. The molecule has 1 aromatic heterocycles. The van der Waals surface area contributed by atoms with E-state index in [-0.39, 0.29) is 5.54 Å². The Hall–Kier alpha value is -1.93. The second-order valence-electron chi connectivity index (χ2n) is 5.00. The Bertz CT molecular complexity index is 661. The maximum Gasteiger partial charge on any atom is 0.235 e. The highest BCUT2D eigenvalue weighted by molar-refractivity contribution is 5.86. The van der Waals surface area contributed by atoms with E-state index in [0.29, 0.717) is 0 Å². The molecule has 0 radical (unpaired) electrons. The molecule has 0 amide bonds. The van der Waals surface area contributed by atoms with Gasteiger partial charge < -0.3 is 0 Å². The lowest BCUT2D eigenvalue weighted by Crippen LogP contribution is -2.32. The van der Waals surface area contributed by atoms with E-state index >= 15 is 0 Å². The van der Waals surface area contributed by atoms with Crippen molar-refractivity contribution in [3.63, 3.8) is 0 Å². The van der Waals surface area contributed by atoms with Crippen molar-refractivity contribution in [3.8, 4) is 0 Å². The summed E-state index contributed by atoms with van der Waals surface area (Å²) in [6.45, 7) is 2.00. The third-order valence-corrected chi connectivity index (χ3v) is 3.99. The van der Waals surface area contributed by atoms with Crippen LogP contribution < -0.4 is 0 Å². The van der Waals surface area contributed by atoms with E-state index in [4.69, 9.17) is 0 Å². The van der Waals surface area contributed by atoms with Gasteiger partial charge in [0.15, 0.2) is 0 Å². The van der Waals surface area contributed by atoms with Gasteiger partial charge in [0.25, 0.3) is 0 Å². The number of aromatic nitrogens is 2. The number of carbonyl (C=O) groups excluding carboxylic acids is 1. The van der Waals surface area contributed by atoms with Crippen LogP contribution in [0, 0.1) is 6.92 Å². The molecule has 1 aliphatic carbocycles. The number of aryl methyl sites for hydroxylation is 2. The molecule has 2 aromatic rings. The van der Waals surface area contributed by atoms with E-state index in [0.717, 1.165) is 41.4 Å². The Morgan fingerprint density at radius 2 is 2.22 bits per heavy atom. The molecule has 1 aliphatic rings. The zero-order chi connectivity index (χ0) is 12.8. The van der Waals surface area contributed by atoms with E-state index in [1.54, 1.807) is 6.08 Å². The van der Waals surface area contributed by atoms with Gasteiger partial charge in [0, 0.05) is 12.4 Å². The van der Waals surface area contributed by atoms with Crippen LogP contribution in [0.5, 0.6) is 0 Å². The molecular weight excluding hydrogens is 226 g/mol. The maximum absolute atomic E-state index is 10.7. The first-order chi connectivity index (χ1) is 8.68. The Morgan fingerprint density at radius 1 is 1.44 bits per heavy atom. The van der Waals surface area contributed by atoms with Crippen LogP contribution in [0.15, 0.2) is 23.2 Å². The van der Waals surface area contributed by atoms with Crippen molar-refractivity contribution >= 4 is 17.0 Å². The molecule has 18 heavy (non-hydrogen) atoms. The second-order valence-corrected chi connectivity index (χ2v) is 5.00. The molecule has 0 bridgehead atoms. The summed E-state index contributed by atoms with van der Waals surface area (Å²) in [7, 11) is 1.94. The molecule has 1 fully saturated rings. The average Bonchev–Trinajstić information content (AvgIpc) is 2.60. The van der Waals surface area contributed by atoms with Crippen molar-refractivity contribution in [2.75, 3.05) is 0 Å². The molecule has 1 saturated carbocycles. The van der Waals surface area contributed by atoms with Gasteiger partial charge in [0.05, 0.1) is 16.7 Å². The van der Waals surface area contributed by atoms with E-state index in [9.17, 15) is 4.79 Å². The van der Waals surface area contributed by atoms with Crippen LogP contribution in [0.2, 0.25) is 0 Å². The number of hydrogen-bond donors (Lipinski definition) is 0. The second kappa shape index (κ2) is 3.79. The van der Waals surface area contributed by atoms with E-state index in [2.05, 4.69) is 22.2 Å². The minimum atomic E-state index is -0.352. The van der Waals surface area contributed by atoms with Crippen molar-refractivity contribution in [1.82, 2.24) is 9.78 Å². The lowest BCUT2D eigenvalue weighted by Gasteiger charge is -2.37. The van der Waals surface area contributed by atoms with Gasteiger partial charge in [0.1, 0.15) is 0 Å². The van der Waals surface area contributed by atoms with E-state index in [1.165, 1.54) is 0 Å². The molecular formula is C14H15N3O. The van der Waals surface area contributed by atoms with Gasteiger partial charge in [-0.25, -0.2) is 4.79 Å². The summed E-state index contributed by atoms with van der Waals surface area (Å²) < 4.78 is 1.88. The number of benzene rings is 1. The number of nitrogens with zero attached hydrogens (tertiary/aromatic N) is 3. The summed E-state index contributed by atoms with van der Waals surface area (Å²) in [5, 5.41) is 5.60. The number of aliphatic imine (C=N–C) groups is 1. The van der Waals surface area contributed by atoms with Crippen LogP contribution in [0.1, 0.15) is 30.5 Å². The quantitative estimate of drug-likeness (QED) is 0.599. The Kier molecular flexibility index (Phi) is 2.35. The number of isocyanates is 1. The lowest BCUT2D eigenvalue weighted by atomic mass is 9.71. The zero-order valence-electron chi connectivity index (χ0n) is 10.6. The molecule has 0 N–H and O–H groups in total. The van der Waals surface area contributed by atoms with Crippen LogP contribution >= 0.6 is 0 Å². The van der Waals surface area contributed by atoms with Crippen LogP contribution in [0.4, 0.5) is 0 Å². The highest BCUT2D eigenvalue weighted by atomic mass is 16.1. The van der Waals surface area contributed by atoms with Gasteiger partial charge in [-0.15, -0.1) is 0 Å². The summed E-state index contributed by atoms with van der Waals surface area (Å²) in [4.78, 5) is 14.8. The fourth-order valence-corrected chi connectivity index (χ4v) is 2.95. The molecule has 92 valence electrons. The largest absolute Gasteiger partial charge is 0.268 e. The van der Waals surface area contributed by atoms with Crippen molar-refractivity contribution in [2.45, 2.75) is 31.7 Å². The molecule has 0 unspecified atom stereocenters. The summed E-state index contributed by atoms with van der Waals surface area (Å²) in [6, 6.07) is 6.13. The van der Waals surface area contributed by atoms with Crippen molar-refractivity contribution < 1.29 is 4.79 Å². The predicted molar refractivity (Wildman–Crippen MR) is 69.1 cm³/mol. The standard InChI is InChI=1S/C14H15N3O/c1-10-13-11(14(15-9-18)7-4-8-14)5-3-6-12(13)17(2)16-10/h3,5-6H,4,7-8H2,1-2H3. The molecule has 3 rings (SSSR count). The first-order valence-corrected chi connectivity index (χ1v) is 6.20. The van der Waals surface area contributed by atoms with Gasteiger partial charge in [-0.2, -0.15) is 10.1 Å². The molecule has 0 saturated heterocycles. The van der Waals surface area contributed by atoms with Crippen LogP contribution in [0.25, 0.3) is 10.9 Å². The summed E-state index contributed by atoms with van der Waals surface area (Å²) in [5.41, 5.74) is 2.86. The monoisotopic (exact) mass is 241 g/mol. The first kappa shape index (κ1) is 11.2. The molecule has 0 aliphatic heterocycles. The fraction of sp³-hybridized carbons (Fsp3) is 0.429. The maximum atomic E-state index is 10.7. The van der Waals surface area contributed by atoms with Crippen molar-refractivity contribution in [1.29, 1.82) is 0 Å². The van der Waals surface area contributed by atoms with Crippen molar-refractivity contribution in [2.24, 2.45) is 12.0 Å². The molecule has 0 spiro atoms. The lowest BCUT2D eigenvalue weighted by molar-refractivity contribution is 0.258. The molecule has 4 heteroatoms. The Labute approximate surface area is 105 Å². The average molecular weight is 241 g/mol. The van der Waals surface area contributed by atoms with Gasteiger partial charge in [0.2, 0.25) is 6.08 Å². The van der Waals surface area contributed by atoms with Crippen LogP contribution in [-0.2, 0) is 17.4 Å².